The van der Waals surface area contributed by atoms with Crippen LogP contribution in [-0.4, -0.2) is 13.7 Å². The van der Waals surface area contributed by atoms with Crippen LogP contribution in [0.15, 0.2) is 18.2 Å². The van der Waals surface area contributed by atoms with Crippen LogP contribution in [0.2, 0.25) is 0 Å². The lowest BCUT2D eigenvalue weighted by molar-refractivity contribution is 0.414. The van der Waals surface area contributed by atoms with E-state index in [0.717, 1.165) is 12.3 Å². The molecule has 14 heavy (non-hydrogen) atoms. The van der Waals surface area contributed by atoms with E-state index in [4.69, 9.17) is 4.74 Å². The van der Waals surface area contributed by atoms with E-state index in [1.54, 1.807) is 7.11 Å². The maximum absolute atomic E-state index is 5.19. The Bertz CT molecular complexity index is 316. The van der Waals surface area contributed by atoms with Gasteiger partial charge in [0.05, 0.1) is 7.11 Å². The topological polar surface area (TPSA) is 21.3 Å². The summed E-state index contributed by atoms with van der Waals surface area (Å²) in [5.41, 5.74) is 2.74. The molecule has 1 aromatic rings. The molecule has 1 N–H and O–H groups in total. The van der Waals surface area contributed by atoms with Crippen molar-refractivity contribution in [2.24, 2.45) is 0 Å². The molecule has 0 aliphatic carbocycles. The Kier molecular flexibility index (Phi) is 2.73. The summed E-state index contributed by atoms with van der Waals surface area (Å²) in [6, 6.07) is 6.88. The third-order valence-corrected chi connectivity index (χ3v) is 2.91. The molecule has 0 spiro atoms. The number of rotatable bonds is 2. The second kappa shape index (κ2) is 4.01. The normalized spacial score (nSPS) is 21.1. The van der Waals surface area contributed by atoms with Crippen LogP contribution in [0, 0.1) is 6.92 Å². The van der Waals surface area contributed by atoms with Crippen LogP contribution in [0.5, 0.6) is 5.75 Å². The fourth-order valence-electron chi connectivity index (χ4n) is 2.12. The molecule has 0 aromatic heterocycles. The Morgan fingerprint density at radius 3 is 2.86 bits per heavy atom. The van der Waals surface area contributed by atoms with Crippen LogP contribution in [-0.2, 0) is 0 Å². The minimum Gasteiger partial charge on any atom is -0.497 e. The summed E-state index contributed by atoms with van der Waals surface area (Å²) in [5, 5.41) is 3.51. The predicted octanol–water partition coefficient (Wildman–Crippen LogP) is 2.43. The number of hydrogen-bond acceptors (Lipinski definition) is 2. The van der Waals surface area contributed by atoms with Crippen molar-refractivity contribution in [2.75, 3.05) is 13.7 Å². The fraction of sp³-hybridized carbons (Fsp3) is 0.500. The molecule has 76 valence electrons. The lowest BCUT2D eigenvalue weighted by atomic mass is 10.00. The van der Waals surface area contributed by atoms with Crippen molar-refractivity contribution < 1.29 is 4.74 Å². The van der Waals surface area contributed by atoms with Crippen molar-refractivity contribution in [2.45, 2.75) is 25.8 Å². The minimum absolute atomic E-state index is 0.556. The highest BCUT2D eigenvalue weighted by atomic mass is 16.5. The molecular formula is C12H17NO. The third-order valence-electron chi connectivity index (χ3n) is 2.91. The van der Waals surface area contributed by atoms with Gasteiger partial charge in [-0.1, -0.05) is 6.07 Å². The molecule has 0 unspecified atom stereocenters. The molecule has 0 bridgehead atoms. The highest BCUT2D eigenvalue weighted by molar-refractivity contribution is 5.36. The number of nitrogens with one attached hydrogen (secondary N) is 1. The zero-order valence-electron chi connectivity index (χ0n) is 8.84. The van der Waals surface area contributed by atoms with Gasteiger partial charge in [-0.05, 0) is 49.6 Å². The van der Waals surface area contributed by atoms with Crippen molar-refractivity contribution in [3.8, 4) is 5.75 Å². The molecule has 0 amide bonds. The average Bonchev–Trinajstić information content (AvgIpc) is 2.70. The number of ether oxygens (including phenoxy) is 1. The molecule has 2 rings (SSSR count). The SMILES string of the molecule is COc1ccc([C@@H]2CCCN2)c(C)c1. The molecule has 0 radical (unpaired) electrons. The van der Waals surface area contributed by atoms with Gasteiger partial charge in [-0.2, -0.15) is 0 Å². The molecule has 0 saturated carbocycles. The van der Waals surface area contributed by atoms with E-state index < -0.39 is 0 Å². The predicted molar refractivity (Wildman–Crippen MR) is 57.7 cm³/mol. The quantitative estimate of drug-likeness (QED) is 0.775. The van der Waals surface area contributed by atoms with E-state index in [1.807, 2.05) is 6.07 Å². The van der Waals surface area contributed by atoms with Gasteiger partial charge in [0.25, 0.3) is 0 Å². The summed E-state index contributed by atoms with van der Waals surface area (Å²) in [6.45, 7) is 3.30. The second-order valence-electron chi connectivity index (χ2n) is 3.87. The van der Waals surface area contributed by atoms with Crippen molar-refractivity contribution in [3.63, 3.8) is 0 Å². The van der Waals surface area contributed by atoms with E-state index >= 15 is 0 Å². The summed E-state index contributed by atoms with van der Waals surface area (Å²) in [4.78, 5) is 0. The van der Waals surface area contributed by atoms with Crippen LogP contribution >= 0.6 is 0 Å². The van der Waals surface area contributed by atoms with E-state index in [9.17, 15) is 0 Å². The first-order valence-electron chi connectivity index (χ1n) is 5.19. The fourth-order valence-corrected chi connectivity index (χ4v) is 2.12. The third kappa shape index (κ3) is 1.75. The van der Waals surface area contributed by atoms with Crippen molar-refractivity contribution in [1.82, 2.24) is 5.32 Å². The van der Waals surface area contributed by atoms with Gasteiger partial charge in [-0.3, -0.25) is 0 Å². The number of aryl methyl sites for hydroxylation is 1. The van der Waals surface area contributed by atoms with Crippen molar-refractivity contribution in [3.05, 3.63) is 29.3 Å². The molecule has 1 atom stereocenters. The molecule has 2 heteroatoms. The maximum Gasteiger partial charge on any atom is 0.119 e. The molecule has 1 saturated heterocycles. The van der Waals surface area contributed by atoms with Gasteiger partial charge in [0.15, 0.2) is 0 Å². The van der Waals surface area contributed by atoms with Gasteiger partial charge in [-0.25, -0.2) is 0 Å². The molecule has 1 aliphatic rings. The van der Waals surface area contributed by atoms with Crippen LogP contribution < -0.4 is 10.1 Å². The zero-order valence-corrected chi connectivity index (χ0v) is 8.84. The lowest BCUT2D eigenvalue weighted by Crippen LogP contribution is -2.13. The minimum atomic E-state index is 0.556. The molecule has 1 aliphatic heterocycles. The van der Waals surface area contributed by atoms with E-state index in [-0.39, 0.29) is 0 Å². The maximum atomic E-state index is 5.19. The summed E-state index contributed by atoms with van der Waals surface area (Å²) in [5.74, 6) is 0.948. The highest BCUT2D eigenvalue weighted by Crippen LogP contribution is 2.27. The first kappa shape index (κ1) is 9.53. The Labute approximate surface area is 85.3 Å². The standard InChI is InChI=1S/C12H17NO/c1-9-8-10(14-2)5-6-11(9)12-4-3-7-13-12/h5-6,8,12-13H,3-4,7H2,1-2H3/t12-/m0/s1. The van der Waals surface area contributed by atoms with Gasteiger partial charge >= 0.3 is 0 Å². The Morgan fingerprint density at radius 2 is 2.29 bits per heavy atom. The largest absolute Gasteiger partial charge is 0.497 e. The summed E-state index contributed by atoms with van der Waals surface area (Å²) >= 11 is 0. The summed E-state index contributed by atoms with van der Waals surface area (Å²) in [6.07, 6.45) is 2.54. The Morgan fingerprint density at radius 1 is 1.43 bits per heavy atom. The summed E-state index contributed by atoms with van der Waals surface area (Å²) in [7, 11) is 1.71. The van der Waals surface area contributed by atoms with E-state index in [1.165, 1.54) is 24.0 Å². The highest BCUT2D eigenvalue weighted by Gasteiger charge is 2.17. The first-order valence-corrected chi connectivity index (χ1v) is 5.19. The molecular weight excluding hydrogens is 174 g/mol. The van der Waals surface area contributed by atoms with Gasteiger partial charge in [0, 0.05) is 6.04 Å². The van der Waals surface area contributed by atoms with Crippen LogP contribution in [0.25, 0.3) is 0 Å². The first-order chi connectivity index (χ1) is 6.81. The van der Waals surface area contributed by atoms with E-state index in [2.05, 4.69) is 24.4 Å². The molecule has 2 nitrogen and oxygen atoms in total. The zero-order chi connectivity index (χ0) is 9.97. The van der Waals surface area contributed by atoms with E-state index in [0.29, 0.717) is 6.04 Å². The average molecular weight is 191 g/mol. The number of hydrogen-bond donors (Lipinski definition) is 1. The lowest BCUT2D eigenvalue weighted by Gasteiger charge is -2.14. The van der Waals surface area contributed by atoms with Crippen molar-refractivity contribution >= 4 is 0 Å². The van der Waals surface area contributed by atoms with Crippen LogP contribution in [0.1, 0.15) is 30.0 Å². The monoisotopic (exact) mass is 191 g/mol. The van der Waals surface area contributed by atoms with Crippen LogP contribution in [0.3, 0.4) is 0 Å². The van der Waals surface area contributed by atoms with Gasteiger partial charge in [-0.15, -0.1) is 0 Å². The number of benzene rings is 1. The van der Waals surface area contributed by atoms with Gasteiger partial charge in [0.2, 0.25) is 0 Å². The molecule has 1 heterocycles. The molecule has 1 aromatic carbocycles. The van der Waals surface area contributed by atoms with Gasteiger partial charge in [0.1, 0.15) is 5.75 Å². The number of methoxy groups -OCH3 is 1. The smallest absolute Gasteiger partial charge is 0.119 e. The van der Waals surface area contributed by atoms with Crippen LogP contribution in [0.4, 0.5) is 0 Å². The molecule has 1 fully saturated rings. The Balaban J connectivity index is 2.25. The summed E-state index contributed by atoms with van der Waals surface area (Å²) < 4.78 is 5.19. The Hall–Kier alpha value is -1.02. The van der Waals surface area contributed by atoms with Crippen molar-refractivity contribution in [1.29, 1.82) is 0 Å². The second-order valence-corrected chi connectivity index (χ2v) is 3.87. The van der Waals surface area contributed by atoms with Gasteiger partial charge < -0.3 is 10.1 Å².